The fourth-order valence-electron chi connectivity index (χ4n) is 3.63. The standard InChI is InChI=1S/C22H23BFNO/c1-21(2)14-23(26-22(21,3)4)17-12-10-16-11-13-18(25-20(16)19(17)24)15-8-6-5-7-9-15/h5-13H,14H2,1-4H3. The molecule has 2 heterocycles. The number of aromatic nitrogens is 1. The number of halogens is 1. The van der Waals surface area contributed by atoms with Gasteiger partial charge in [0.05, 0.1) is 11.3 Å². The second-order valence-electron chi connectivity index (χ2n) is 8.31. The number of rotatable bonds is 2. The van der Waals surface area contributed by atoms with Crippen molar-refractivity contribution in [1.29, 1.82) is 0 Å². The summed E-state index contributed by atoms with van der Waals surface area (Å²) in [6.07, 6.45) is 0.792. The predicted octanol–water partition coefficient (Wildman–Crippen LogP) is 5.07. The molecule has 2 aromatic carbocycles. The highest BCUT2D eigenvalue weighted by Crippen LogP contribution is 2.45. The molecule has 0 radical (unpaired) electrons. The van der Waals surface area contributed by atoms with Crippen LogP contribution in [-0.4, -0.2) is 17.5 Å². The van der Waals surface area contributed by atoms with Gasteiger partial charge in [0.2, 0.25) is 0 Å². The van der Waals surface area contributed by atoms with Gasteiger partial charge in [-0.1, -0.05) is 62.4 Å². The first-order valence-corrected chi connectivity index (χ1v) is 9.11. The van der Waals surface area contributed by atoms with E-state index in [1.165, 1.54) is 0 Å². The van der Waals surface area contributed by atoms with E-state index in [9.17, 15) is 0 Å². The summed E-state index contributed by atoms with van der Waals surface area (Å²) in [5.74, 6) is -0.265. The molecule has 0 aliphatic carbocycles. The molecular formula is C22H23BFNO. The van der Waals surface area contributed by atoms with E-state index in [1.807, 2.05) is 54.6 Å². The lowest BCUT2D eigenvalue weighted by Crippen LogP contribution is -2.37. The average Bonchev–Trinajstić information content (AvgIpc) is 2.83. The van der Waals surface area contributed by atoms with Crippen molar-refractivity contribution in [2.24, 2.45) is 5.41 Å². The molecule has 0 bridgehead atoms. The van der Waals surface area contributed by atoms with Gasteiger partial charge < -0.3 is 4.65 Å². The highest BCUT2D eigenvalue weighted by molar-refractivity contribution is 6.68. The first kappa shape index (κ1) is 17.2. The monoisotopic (exact) mass is 347 g/mol. The predicted molar refractivity (Wildman–Crippen MR) is 106 cm³/mol. The van der Waals surface area contributed by atoms with Crippen LogP contribution in [0.5, 0.6) is 0 Å². The van der Waals surface area contributed by atoms with Crippen LogP contribution in [0.1, 0.15) is 27.7 Å². The van der Waals surface area contributed by atoms with Crippen molar-refractivity contribution in [2.75, 3.05) is 0 Å². The lowest BCUT2D eigenvalue weighted by Gasteiger charge is -2.34. The molecule has 3 aromatic rings. The van der Waals surface area contributed by atoms with E-state index in [4.69, 9.17) is 4.65 Å². The van der Waals surface area contributed by atoms with Gasteiger partial charge in [-0.25, -0.2) is 9.37 Å². The van der Waals surface area contributed by atoms with Gasteiger partial charge in [-0.15, -0.1) is 0 Å². The fraction of sp³-hybridized carbons (Fsp3) is 0.318. The quantitative estimate of drug-likeness (QED) is 0.604. The molecule has 26 heavy (non-hydrogen) atoms. The third-order valence-electron chi connectivity index (χ3n) is 6.01. The van der Waals surface area contributed by atoms with Crippen molar-refractivity contribution >= 4 is 23.3 Å². The van der Waals surface area contributed by atoms with Gasteiger partial charge in [-0.2, -0.15) is 0 Å². The van der Waals surface area contributed by atoms with Gasteiger partial charge in [-0.3, -0.25) is 0 Å². The van der Waals surface area contributed by atoms with E-state index in [-0.39, 0.29) is 23.7 Å². The Morgan fingerprint density at radius 3 is 2.31 bits per heavy atom. The van der Waals surface area contributed by atoms with E-state index in [0.717, 1.165) is 23.0 Å². The maximum atomic E-state index is 15.4. The normalized spacial score (nSPS) is 18.4. The molecule has 0 atom stereocenters. The largest absolute Gasteiger partial charge is 0.425 e. The van der Waals surface area contributed by atoms with Crippen LogP contribution in [0.25, 0.3) is 22.2 Å². The van der Waals surface area contributed by atoms with Crippen LogP contribution in [0.3, 0.4) is 0 Å². The molecule has 1 fully saturated rings. The van der Waals surface area contributed by atoms with E-state index in [0.29, 0.717) is 11.0 Å². The van der Waals surface area contributed by atoms with Crippen molar-refractivity contribution in [1.82, 2.24) is 4.98 Å². The molecule has 2 nitrogen and oxygen atoms in total. The van der Waals surface area contributed by atoms with E-state index in [1.54, 1.807) is 0 Å². The molecule has 1 aliphatic heterocycles. The third kappa shape index (κ3) is 2.73. The molecule has 0 saturated carbocycles. The highest BCUT2D eigenvalue weighted by Gasteiger charge is 2.50. The molecule has 0 amide bonds. The van der Waals surface area contributed by atoms with Gasteiger partial charge in [0.1, 0.15) is 11.3 Å². The number of benzene rings is 2. The SMILES string of the molecule is CC1(C)CB(c2ccc3ccc(-c4ccccc4)nc3c2F)OC1(C)C. The summed E-state index contributed by atoms with van der Waals surface area (Å²) in [6, 6.07) is 17.5. The van der Waals surface area contributed by atoms with Gasteiger partial charge in [0.15, 0.2) is 0 Å². The number of fused-ring (bicyclic) bond motifs is 1. The number of hydrogen-bond donors (Lipinski definition) is 0. The summed E-state index contributed by atoms with van der Waals surface area (Å²) in [6.45, 7) is 8.27. The van der Waals surface area contributed by atoms with E-state index in [2.05, 4.69) is 32.7 Å². The smallest absolute Gasteiger partial charge is 0.330 e. The molecule has 1 saturated heterocycles. The lowest BCUT2D eigenvalue weighted by atomic mass is 9.54. The number of pyridine rings is 1. The van der Waals surface area contributed by atoms with Crippen molar-refractivity contribution in [3.8, 4) is 11.3 Å². The molecule has 4 heteroatoms. The lowest BCUT2D eigenvalue weighted by molar-refractivity contribution is 0.0375. The third-order valence-corrected chi connectivity index (χ3v) is 6.01. The first-order valence-electron chi connectivity index (χ1n) is 9.11. The van der Waals surface area contributed by atoms with Gasteiger partial charge in [0, 0.05) is 10.9 Å². The average molecular weight is 347 g/mol. The Kier molecular flexibility index (Phi) is 3.92. The van der Waals surface area contributed by atoms with Crippen LogP contribution in [-0.2, 0) is 4.65 Å². The summed E-state index contributed by atoms with van der Waals surface area (Å²) in [4.78, 5) is 4.62. The highest BCUT2D eigenvalue weighted by atomic mass is 19.1. The van der Waals surface area contributed by atoms with Crippen molar-refractivity contribution in [2.45, 2.75) is 39.6 Å². The molecular weight excluding hydrogens is 324 g/mol. The minimum absolute atomic E-state index is 0.0155. The Morgan fingerprint density at radius 2 is 1.65 bits per heavy atom. The van der Waals surface area contributed by atoms with Gasteiger partial charge in [-0.05, 0) is 37.1 Å². The summed E-state index contributed by atoms with van der Waals surface area (Å²) >= 11 is 0. The van der Waals surface area contributed by atoms with Crippen molar-refractivity contribution in [3.63, 3.8) is 0 Å². The zero-order chi connectivity index (χ0) is 18.5. The minimum atomic E-state index is -0.293. The number of hydrogen-bond acceptors (Lipinski definition) is 2. The number of nitrogens with zero attached hydrogens (tertiary/aromatic N) is 1. The van der Waals surface area contributed by atoms with E-state index >= 15 is 4.39 Å². The topological polar surface area (TPSA) is 22.1 Å². The summed E-state index contributed by atoms with van der Waals surface area (Å²) in [5, 5.41) is 0.808. The second-order valence-corrected chi connectivity index (χ2v) is 8.31. The van der Waals surface area contributed by atoms with Crippen LogP contribution in [0, 0.1) is 11.2 Å². The summed E-state index contributed by atoms with van der Waals surface area (Å²) in [5.41, 5.74) is 2.47. The Bertz CT molecular complexity index is 953. The summed E-state index contributed by atoms with van der Waals surface area (Å²) in [7, 11) is 0. The van der Waals surface area contributed by atoms with Gasteiger partial charge in [0.25, 0.3) is 0 Å². The first-order chi connectivity index (χ1) is 12.3. The molecule has 1 aliphatic rings. The Hall–Kier alpha value is -2.20. The Balaban J connectivity index is 1.80. The van der Waals surface area contributed by atoms with Crippen LogP contribution in [0.15, 0.2) is 54.6 Å². The fourth-order valence-corrected chi connectivity index (χ4v) is 3.63. The minimum Gasteiger partial charge on any atom is -0.425 e. The van der Waals surface area contributed by atoms with Crippen LogP contribution in [0.4, 0.5) is 4.39 Å². The molecule has 0 spiro atoms. The maximum absolute atomic E-state index is 15.4. The van der Waals surface area contributed by atoms with Crippen LogP contribution >= 0.6 is 0 Å². The second kappa shape index (κ2) is 5.92. The maximum Gasteiger partial charge on any atom is 0.330 e. The molecule has 4 rings (SSSR count). The van der Waals surface area contributed by atoms with Gasteiger partial charge >= 0.3 is 6.92 Å². The molecule has 0 unspecified atom stereocenters. The molecule has 132 valence electrons. The van der Waals surface area contributed by atoms with Crippen molar-refractivity contribution < 1.29 is 9.04 Å². The van der Waals surface area contributed by atoms with Crippen molar-refractivity contribution in [3.05, 3.63) is 60.4 Å². The zero-order valence-corrected chi connectivity index (χ0v) is 15.7. The Labute approximate surface area is 154 Å². The van der Waals surface area contributed by atoms with E-state index < -0.39 is 0 Å². The van der Waals surface area contributed by atoms with Crippen LogP contribution in [0.2, 0.25) is 6.32 Å². The zero-order valence-electron chi connectivity index (χ0n) is 15.7. The summed E-state index contributed by atoms with van der Waals surface area (Å²) < 4.78 is 21.6. The Morgan fingerprint density at radius 1 is 0.962 bits per heavy atom. The molecule has 1 aromatic heterocycles. The van der Waals surface area contributed by atoms with Crippen LogP contribution < -0.4 is 5.46 Å². The molecule has 0 N–H and O–H groups in total.